The van der Waals surface area contributed by atoms with Gasteiger partial charge in [-0.1, -0.05) is 70.1 Å². The van der Waals surface area contributed by atoms with Crippen molar-refractivity contribution in [3.05, 3.63) is 15.1 Å². The molecule has 0 spiro atoms. The summed E-state index contributed by atoms with van der Waals surface area (Å²) in [5.41, 5.74) is 1.07. The normalized spacial score (nSPS) is 11.5. The van der Waals surface area contributed by atoms with Crippen LogP contribution in [-0.4, -0.2) is 24.9 Å². The molecule has 2 aromatic rings. The van der Waals surface area contributed by atoms with E-state index in [1.807, 2.05) is 7.05 Å². The lowest BCUT2D eigenvalue weighted by atomic mass is 10.1. The van der Waals surface area contributed by atoms with Crippen molar-refractivity contribution in [1.82, 2.24) is 19.1 Å². The summed E-state index contributed by atoms with van der Waals surface area (Å²) in [6, 6.07) is 0. The van der Waals surface area contributed by atoms with Gasteiger partial charge < -0.3 is 9.55 Å². The molecule has 0 atom stereocenters. The lowest BCUT2D eigenvalue weighted by molar-refractivity contribution is 0.573. The number of aromatic nitrogens is 4. The zero-order chi connectivity index (χ0) is 18.2. The lowest BCUT2D eigenvalue weighted by Crippen LogP contribution is -2.21. The predicted molar refractivity (Wildman–Crippen MR) is 109 cm³/mol. The average Bonchev–Trinajstić information content (AvgIpc) is 3.04. The summed E-state index contributed by atoms with van der Waals surface area (Å²) in [6.45, 7) is 2.26. The maximum atomic E-state index is 12.3. The highest BCUT2D eigenvalue weighted by Gasteiger charge is 2.11. The Balaban J connectivity index is 1.75. The van der Waals surface area contributed by atoms with Gasteiger partial charge in [0, 0.05) is 19.8 Å². The van der Waals surface area contributed by atoms with Gasteiger partial charge in [0.25, 0.3) is 5.56 Å². The second kappa shape index (κ2) is 10.2. The first kappa shape index (κ1) is 20.2. The van der Waals surface area contributed by atoms with Crippen LogP contribution in [0, 0.1) is 4.77 Å². The summed E-state index contributed by atoms with van der Waals surface area (Å²) in [5, 5.41) is 0.808. The van der Waals surface area contributed by atoms with Crippen LogP contribution in [0.1, 0.15) is 64.7 Å². The first-order chi connectivity index (χ1) is 12.1. The van der Waals surface area contributed by atoms with Crippen molar-refractivity contribution in [2.75, 3.05) is 5.75 Å². The van der Waals surface area contributed by atoms with Crippen LogP contribution in [0.4, 0.5) is 0 Å². The van der Waals surface area contributed by atoms with Gasteiger partial charge in [0.15, 0.2) is 21.1 Å². The molecule has 2 rings (SSSR count). The quantitative estimate of drug-likeness (QED) is 0.339. The van der Waals surface area contributed by atoms with Crippen LogP contribution in [0.2, 0.25) is 0 Å². The maximum Gasteiger partial charge on any atom is 0.280 e. The molecule has 2 heterocycles. The number of unbranched alkanes of at least 4 members (excludes halogenated alkanes) is 8. The molecule has 0 fully saturated rings. The second-order valence-electron chi connectivity index (χ2n) is 6.62. The first-order valence-corrected chi connectivity index (χ1v) is 10.7. The molecule has 140 valence electrons. The number of hydrogen-bond acceptors (Lipinski definition) is 4. The number of fused-ring (bicyclic) bond motifs is 1. The summed E-state index contributed by atoms with van der Waals surface area (Å²) >= 11 is 6.95. The number of aryl methyl sites for hydroxylation is 1. The summed E-state index contributed by atoms with van der Waals surface area (Å²) in [6.07, 6.45) is 12.0. The van der Waals surface area contributed by atoms with Gasteiger partial charge in [-0.05, 0) is 18.6 Å². The molecule has 25 heavy (non-hydrogen) atoms. The Morgan fingerprint density at radius 1 is 1.00 bits per heavy atom. The second-order valence-corrected chi connectivity index (χ2v) is 8.07. The Morgan fingerprint density at radius 2 is 1.60 bits per heavy atom. The Bertz CT molecular complexity index is 791. The number of thioether (sulfide) groups is 1. The number of nitrogens with one attached hydrogen (secondary N) is 1. The fourth-order valence-corrected chi connectivity index (χ4v) is 3.99. The zero-order valence-electron chi connectivity index (χ0n) is 15.6. The van der Waals surface area contributed by atoms with Crippen molar-refractivity contribution < 1.29 is 0 Å². The van der Waals surface area contributed by atoms with Gasteiger partial charge >= 0.3 is 0 Å². The molecule has 0 aromatic carbocycles. The molecular weight excluding hydrogens is 352 g/mol. The van der Waals surface area contributed by atoms with Gasteiger partial charge in [0.05, 0.1) is 0 Å². The molecule has 7 heteroatoms. The molecule has 0 bridgehead atoms. The van der Waals surface area contributed by atoms with Crippen LogP contribution < -0.4 is 5.56 Å². The average molecular weight is 383 g/mol. The number of H-pyrrole nitrogens is 1. The molecule has 0 unspecified atom stereocenters. The highest BCUT2D eigenvalue weighted by molar-refractivity contribution is 7.99. The van der Waals surface area contributed by atoms with Crippen molar-refractivity contribution in [1.29, 1.82) is 0 Å². The molecule has 2 aromatic heterocycles. The topological polar surface area (TPSA) is 55.6 Å². The molecule has 0 saturated carbocycles. The smallest absolute Gasteiger partial charge is 0.280 e. The minimum atomic E-state index is -0.111. The third-order valence-electron chi connectivity index (χ3n) is 4.56. The molecule has 0 aliphatic carbocycles. The van der Waals surface area contributed by atoms with Crippen molar-refractivity contribution in [2.45, 2.75) is 69.9 Å². The van der Waals surface area contributed by atoms with E-state index in [2.05, 4.69) is 16.9 Å². The standard InChI is InChI=1S/C18H30N4OS2/c1-4-5-6-7-8-9-10-11-12-13-25-17-19-14-15(20-17)21(2)18(24)22(3)16(14)23/h4-13H2,1-3H3,(H,19,20). The van der Waals surface area contributed by atoms with E-state index in [-0.39, 0.29) is 5.56 Å². The molecule has 0 amide bonds. The van der Waals surface area contributed by atoms with E-state index < -0.39 is 0 Å². The Labute approximate surface area is 159 Å². The number of nitrogens with zero attached hydrogens (tertiary/aromatic N) is 3. The van der Waals surface area contributed by atoms with E-state index in [4.69, 9.17) is 12.2 Å². The van der Waals surface area contributed by atoms with E-state index in [1.165, 1.54) is 62.4 Å². The molecule has 0 aliphatic heterocycles. The third-order valence-corrected chi connectivity index (χ3v) is 6.07. The fourth-order valence-electron chi connectivity index (χ4n) is 2.95. The number of rotatable bonds is 11. The van der Waals surface area contributed by atoms with E-state index in [0.717, 1.165) is 10.9 Å². The Hall–Kier alpha value is -1.08. The molecule has 1 N–H and O–H groups in total. The minimum absolute atomic E-state index is 0.111. The monoisotopic (exact) mass is 382 g/mol. The largest absolute Gasteiger partial charge is 0.327 e. The van der Waals surface area contributed by atoms with Gasteiger partial charge in [-0.2, -0.15) is 0 Å². The molecule has 0 saturated heterocycles. The van der Waals surface area contributed by atoms with Gasteiger partial charge in [-0.15, -0.1) is 0 Å². The number of aromatic amines is 1. The van der Waals surface area contributed by atoms with Crippen LogP contribution >= 0.6 is 24.0 Å². The van der Waals surface area contributed by atoms with E-state index in [0.29, 0.717) is 15.9 Å². The van der Waals surface area contributed by atoms with Crippen molar-refractivity contribution in [2.24, 2.45) is 14.1 Å². The van der Waals surface area contributed by atoms with Gasteiger partial charge in [-0.25, -0.2) is 4.98 Å². The Kier molecular flexibility index (Phi) is 8.22. The van der Waals surface area contributed by atoms with Crippen molar-refractivity contribution in [3.63, 3.8) is 0 Å². The van der Waals surface area contributed by atoms with Crippen LogP contribution in [0.3, 0.4) is 0 Å². The first-order valence-electron chi connectivity index (χ1n) is 9.34. The molecule has 5 nitrogen and oxygen atoms in total. The van der Waals surface area contributed by atoms with Crippen LogP contribution in [0.15, 0.2) is 9.95 Å². The van der Waals surface area contributed by atoms with E-state index >= 15 is 0 Å². The number of hydrogen-bond donors (Lipinski definition) is 1. The van der Waals surface area contributed by atoms with Crippen LogP contribution in [-0.2, 0) is 14.1 Å². The zero-order valence-corrected chi connectivity index (χ0v) is 17.3. The number of imidazole rings is 1. The summed E-state index contributed by atoms with van der Waals surface area (Å²) < 4.78 is 3.75. The third kappa shape index (κ3) is 5.45. The van der Waals surface area contributed by atoms with Crippen LogP contribution in [0.5, 0.6) is 0 Å². The fraction of sp³-hybridized carbons (Fsp3) is 0.722. The van der Waals surface area contributed by atoms with Crippen molar-refractivity contribution in [3.8, 4) is 0 Å². The van der Waals surface area contributed by atoms with Gasteiger partial charge in [-0.3, -0.25) is 9.36 Å². The Morgan fingerprint density at radius 3 is 2.24 bits per heavy atom. The highest BCUT2D eigenvalue weighted by Crippen LogP contribution is 2.19. The SMILES string of the molecule is CCCCCCCCCCCSc1nc2c([nH]1)c(=O)n(C)c(=S)n2C. The maximum absolute atomic E-state index is 12.3. The van der Waals surface area contributed by atoms with Crippen LogP contribution in [0.25, 0.3) is 11.2 Å². The summed E-state index contributed by atoms with van der Waals surface area (Å²) in [5.74, 6) is 1.03. The lowest BCUT2D eigenvalue weighted by Gasteiger charge is -2.03. The predicted octanol–water partition coefficient (Wildman–Crippen LogP) is 4.95. The van der Waals surface area contributed by atoms with E-state index in [9.17, 15) is 4.79 Å². The molecule has 0 radical (unpaired) electrons. The minimum Gasteiger partial charge on any atom is -0.327 e. The van der Waals surface area contributed by atoms with E-state index in [1.54, 1.807) is 23.4 Å². The molecule has 0 aliphatic rings. The van der Waals surface area contributed by atoms with Gasteiger partial charge in [0.2, 0.25) is 0 Å². The summed E-state index contributed by atoms with van der Waals surface area (Å²) in [7, 11) is 3.54. The van der Waals surface area contributed by atoms with Gasteiger partial charge in [0.1, 0.15) is 0 Å². The highest BCUT2D eigenvalue weighted by atomic mass is 32.2. The van der Waals surface area contributed by atoms with Crippen molar-refractivity contribution >= 4 is 35.1 Å². The molecular formula is C18H30N4OS2. The summed E-state index contributed by atoms with van der Waals surface area (Å²) in [4.78, 5) is 20.0.